The highest BCUT2D eigenvalue weighted by molar-refractivity contribution is 5.96. The Labute approximate surface area is 345 Å². The van der Waals surface area contributed by atoms with Crippen LogP contribution < -0.4 is 14.8 Å². The molecular weight excluding hydrogens is 785 g/mol. The van der Waals surface area contributed by atoms with Gasteiger partial charge in [0, 0.05) is 70.3 Å². The molecule has 3 aromatic heterocycles. The van der Waals surface area contributed by atoms with Gasteiger partial charge in [0.2, 0.25) is 5.88 Å². The summed E-state index contributed by atoms with van der Waals surface area (Å²) in [5.41, 5.74) is 5.95. The van der Waals surface area contributed by atoms with Crippen molar-refractivity contribution in [3.8, 4) is 28.5 Å². The molecule has 4 heterocycles. The standard InChI is InChI=1S/C43H48F4N8O5/c1-27-18-33(50-52(27)3)25-55(26-34-19-28(2)53(4)51-34)35-10-8-32(9-11-35)49-40(56)39-22-31(44)23-48-41(39)59-36-7-5-6-29(20-36)38-13-12-37(60-42(57)43(45,46)47)21-30(38)24-54-14-16-58-17-15-54/h5-7,12-13,18-23,32,35H,8-11,14-17,24-26H2,1-4H3,(H,49,56). The number of halogens is 4. The van der Waals surface area contributed by atoms with Crippen molar-refractivity contribution in [2.45, 2.75) is 77.4 Å². The maximum absolute atomic E-state index is 14.7. The molecule has 1 N–H and O–H groups in total. The molecule has 2 fully saturated rings. The predicted molar refractivity (Wildman–Crippen MR) is 213 cm³/mol. The largest absolute Gasteiger partial charge is 0.491 e. The summed E-state index contributed by atoms with van der Waals surface area (Å²) in [5.74, 6) is -3.57. The number of rotatable bonds is 13. The van der Waals surface area contributed by atoms with Crippen LogP contribution in [0.3, 0.4) is 0 Å². The van der Waals surface area contributed by atoms with Crippen LogP contribution in [0, 0.1) is 19.7 Å². The summed E-state index contributed by atoms with van der Waals surface area (Å²) in [7, 11) is 3.86. The van der Waals surface area contributed by atoms with Crippen LogP contribution in [0.5, 0.6) is 17.4 Å². The number of carbonyl (C=O) groups is 2. The summed E-state index contributed by atoms with van der Waals surface area (Å²) in [4.78, 5) is 34.0. The number of carbonyl (C=O) groups excluding carboxylic acids is 2. The molecule has 1 saturated carbocycles. The topological polar surface area (TPSA) is 129 Å². The molecule has 2 aliphatic rings. The van der Waals surface area contributed by atoms with Crippen LogP contribution in [0.4, 0.5) is 17.6 Å². The summed E-state index contributed by atoms with van der Waals surface area (Å²) in [6.45, 7) is 7.93. The number of pyridine rings is 1. The molecule has 2 aromatic carbocycles. The molecule has 60 heavy (non-hydrogen) atoms. The third kappa shape index (κ3) is 10.6. The first-order chi connectivity index (χ1) is 28.7. The lowest BCUT2D eigenvalue weighted by atomic mass is 9.89. The van der Waals surface area contributed by atoms with Crippen molar-refractivity contribution in [3.63, 3.8) is 0 Å². The summed E-state index contributed by atoms with van der Waals surface area (Å²) >= 11 is 0. The van der Waals surface area contributed by atoms with Crippen molar-refractivity contribution >= 4 is 11.9 Å². The molecule has 0 unspecified atom stereocenters. The van der Waals surface area contributed by atoms with Gasteiger partial charge in [0.1, 0.15) is 22.9 Å². The average molecular weight is 833 g/mol. The van der Waals surface area contributed by atoms with Gasteiger partial charge in [-0.2, -0.15) is 23.4 Å². The third-order valence-corrected chi connectivity index (χ3v) is 11.0. The first-order valence-corrected chi connectivity index (χ1v) is 19.9. The van der Waals surface area contributed by atoms with Crippen LogP contribution in [-0.2, 0) is 43.3 Å². The van der Waals surface area contributed by atoms with Gasteiger partial charge in [-0.15, -0.1) is 0 Å². The second-order valence-electron chi connectivity index (χ2n) is 15.4. The van der Waals surface area contributed by atoms with E-state index >= 15 is 0 Å². The van der Waals surface area contributed by atoms with E-state index in [-0.39, 0.29) is 35.0 Å². The van der Waals surface area contributed by atoms with Crippen LogP contribution in [-0.4, -0.2) is 90.8 Å². The summed E-state index contributed by atoms with van der Waals surface area (Å²) in [6, 6.07) is 16.5. The van der Waals surface area contributed by atoms with Crippen LogP contribution in [0.25, 0.3) is 11.1 Å². The number of nitrogens with zero attached hydrogens (tertiary/aromatic N) is 7. The number of benzene rings is 2. The van der Waals surface area contributed by atoms with Gasteiger partial charge >= 0.3 is 12.1 Å². The van der Waals surface area contributed by atoms with E-state index < -0.39 is 23.9 Å². The number of aromatic nitrogens is 5. The quantitative estimate of drug-likeness (QED) is 0.0768. The normalized spacial score (nSPS) is 17.5. The number of hydrogen-bond donors (Lipinski definition) is 1. The minimum atomic E-state index is -5.15. The van der Waals surface area contributed by atoms with E-state index in [1.807, 2.05) is 37.3 Å². The molecule has 0 spiro atoms. The van der Waals surface area contributed by atoms with Crippen molar-refractivity contribution < 1.29 is 41.4 Å². The van der Waals surface area contributed by atoms with Crippen LogP contribution in [0.15, 0.2) is 66.9 Å². The van der Waals surface area contributed by atoms with Gasteiger partial charge in [-0.25, -0.2) is 14.2 Å². The summed E-state index contributed by atoms with van der Waals surface area (Å²) in [5, 5.41) is 12.5. The SMILES string of the molecule is Cc1cc(CN(Cc2cc(C)n(C)n2)C2CCC(NC(=O)c3cc(F)cnc3Oc3cccc(-c4ccc(OC(=O)C(F)(F)F)cc4CN4CCOCC4)c3)CC2)nn1C. The lowest BCUT2D eigenvalue weighted by Gasteiger charge is -2.36. The molecule has 5 aromatic rings. The fourth-order valence-corrected chi connectivity index (χ4v) is 7.72. The van der Waals surface area contributed by atoms with Gasteiger partial charge in [0.15, 0.2) is 0 Å². The highest BCUT2D eigenvalue weighted by Gasteiger charge is 2.41. The molecule has 0 atom stereocenters. The molecule has 0 radical (unpaired) electrons. The Morgan fingerprint density at radius 3 is 2.17 bits per heavy atom. The zero-order valence-corrected chi connectivity index (χ0v) is 34.0. The molecule has 318 valence electrons. The van der Waals surface area contributed by atoms with Gasteiger partial charge in [-0.1, -0.05) is 18.2 Å². The Kier molecular flexibility index (Phi) is 13.0. The smallest absolute Gasteiger partial charge is 0.438 e. The Morgan fingerprint density at radius 1 is 0.883 bits per heavy atom. The van der Waals surface area contributed by atoms with E-state index in [9.17, 15) is 27.2 Å². The maximum Gasteiger partial charge on any atom is 0.491 e. The van der Waals surface area contributed by atoms with Crippen molar-refractivity contribution in [1.29, 1.82) is 0 Å². The predicted octanol–water partition coefficient (Wildman–Crippen LogP) is 6.81. The number of morpholine rings is 1. The van der Waals surface area contributed by atoms with Gasteiger partial charge in [-0.05, 0) is 98.7 Å². The summed E-state index contributed by atoms with van der Waals surface area (Å²) < 4.78 is 73.7. The van der Waals surface area contributed by atoms with Crippen LogP contribution >= 0.6 is 0 Å². The highest BCUT2D eigenvalue weighted by Crippen LogP contribution is 2.34. The number of aryl methyl sites for hydroxylation is 4. The molecule has 13 nitrogen and oxygen atoms in total. The second-order valence-corrected chi connectivity index (χ2v) is 15.4. The Hall–Kier alpha value is -5.65. The van der Waals surface area contributed by atoms with Crippen LogP contribution in [0.2, 0.25) is 0 Å². The van der Waals surface area contributed by atoms with E-state index in [1.54, 1.807) is 30.3 Å². The first-order valence-electron chi connectivity index (χ1n) is 19.9. The molecule has 7 rings (SSSR count). The molecule has 1 amide bonds. The van der Waals surface area contributed by atoms with E-state index in [4.69, 9.17) is 19.7 Å². The number of ether oxygens (including phenoxy) is 3. The van der Waals surface area contributed by atoms with Crippen molar-refractivity contribution in [3.05, 3.63) is 107 Å². The molecule has 1 saturated heterocycles. The number of hydrogen-bond acceptors (Lipinski definition) is 10. The number of nitrogens with one attached hydrogen (secondary N) is 1. The zero-order chi connectivity index (χ0) is 42.6. The fraction of sp³-hybridized carbons (Fsp3) is 0.419. The Morgan fingerprint density at radius 2 is 1.55 bits per heavy atom. The average Bonchev–Trinajstić information content (AvgIpc) is 3.71. The Bertz CT molecular complexity index is 2230. The van der Waals surface area contributed by atoms with Gasteiger partial charge in [0.25, 0.3) is 5.91 Å². The number of alkyl halides is 3. The molecule has 0 bridgehead atoms. The maximum atomic E-state index is 14.7. The minimum absolute atomic E-state index is 0.0657. The second kappa shape index (κ2) is 18.3. The van der Waals surface area contributed by atoms with E-state index in [0.717, 1.165) is 47.9 Å². The van der Waals surface area contributed by atoms with E-state index in [1.165, 1.54) is 12.1 Å². The Balaban J connectivity index is 1.04. The molecule has 1 aliphatic carbocycles. The van der Waals surface area contributed by atoms with Crippen molar-refractivity contribution in [2.24, 2.45) is 14.1 Å². The van der Waals surface area contributed by atoms with E-state index in [0.29, 0.717) is 75.5 Å². The zero-order valence-electron chi connectivity index (χ0n) is 34.0. The van der Waals surface area contributed by atoms with Gasteiger partial charge in [-0.3, -0.25) is 24.0 Å². The van der Waals surface area contributed by atoms with E-state index in [2.05, 4.69) is 37.0 Å². The van der Waals surface area contributed by atoms with Crippen LogP contribution in [0.1, 0.15) is 64.4 Å². The highest BCUT2D eigenvalue weighted by atomic mass is 19.4. The number of esters is 1. The lowest BCUT2D eigenvalue weighted by molar-refractivity contribution is -0.189. The monoisotopic (exact) mass is 832 g/mol. The third-order valence-electron chi connectivity index (χ3n) is 11.0. The number of amides is 1. The van der Waals surface area contributed by atoms with Gasteiger partial charge in [0.05, 0.1) is 30.8 Å². The summed E-state index contributed by atoms with van der Waals surface area (Å²) in [6.07, 6.45) is -1.13. The van der Waals surface area contributed by atoms with Crippen molar-refractivity contribution in [1.82, 2.24) is 39.7 Å². The molecular formula is C43H48F4N8O5. The lowest BCUT2D eigenvalue weighted by Crippen LogP contribution is -2.43. The van der Waals surface area contributed by atoms with Gasteiger partial charge < -0.3 is 19.5 Å². The first kappa shape index (κ1) is 42.5. The molecule has 17 heteroatoms. The minimum Gasteiger partial charge on any atom is -0.438 e. The van der Waals surface area contributed by atoms with Crippen molar-refractivity contribution in [2.75, 3.05) is 26.3 Å². The molecule has 1 aliphatic heterocycles. The fourth-order valence-electron chi connectivity index (χ4n) is 7.72.